The van der Waals surface area contributed by atoms with Crippen molar-refractivity contribution in [1.82, 2.24) is 5.01 Å². The number of methoxy groups -OCH3 is 2. The fraction of sp³-hybridized carbons (Fsp3) is 0.652. The van der Waals surface area contributed by atoms with Crippen molar-refractivity contribution in [2.24, 2.45) is 16.9 Å². The summed E-state index contributed by atoms with van der Waals surface area (Å²) in [5.41, 5.74) is 2.12. The minimum Gasteiger partial charge on any atom is -0.493 e. The Bertz CT molecular complexity index is 737. The summed E-state index contributed by atoms with van der Waals surface area (Å²) in [7, 11) is 3.31. The van der Waals surface area contributed by atoms with Crippen LogP contribution in [0.5, 0.6) is 11.5 Å². The van der Waals surface area contributed by atoms with E-state index in [-0.39, 0.29) is 23.8 Å². The molecule has 5 nitrogen and oxygen atoms in total. The minimum absolute atomic E-state index is 0.0811. The maximum atomic E-state index is 13.3. The average Bonchev–Trinajstić information content (AvgIpc) is 3.03. The molecule has 2 aliphatic carbocycles. The van der Waals surface area contributed by atoms with Crippen LogP contribution in [0.25, 0.3) is 0 Å². The SMILES string of the molecule is COc1ccc(C2=NN(C3CCCCCC3)C(=O)[C@H]3CCCC[C@@H]23)cc1OC. The molecule has 0 radical (unpaired) electrons. The number of carbonyl (C=O) groups is 1. The van der Waals surface area contributed by atoms with Gasteiger partial charge in [-0.05, 0) is 43.9 Å². The van der Waals surface area contributed by atoms with Crippen molar-refractivity contribution in [1.29, 1.82) is 0 Å². The van der Waals surface area contributed by atoms with Crippen LogP contribution in [0, 0.1) is 11.8 Å². The number of rotatable bonds is 4. The number of carbonyl (C=O) groups excluding carboxylic acids is 1. The predicted molar refractivity (Wildman–Crippen MR) is 110 cm³/mol. The predicted octanol–water partition coefficient (Wildman–Crippen LogP) is 4.78. The number of hydrogen-bond acceptors (Lipinski definition) is 4. The fourth-order valence-electron chi connectivity index (χ4n) is 5.19. The highest BCUT2D eigenvalue weighted by molar-refractivity contribution is 6.07. The molecule has 152 valence electrons. The van der Waals surface area contributed by atoms with Gasteiger partial charge >= 0.3 is 0 Å². The van der Waals surface area contributed by atoms with Gasteiger partial charge in [0.15, 0.2) is 11.5 Å². The lowest BCUT2D eigenvalue weighted by Gasteiger charge is -2.41. The molecule has 5 heteroatoms. The van der Waals surface area contributed by atoms with Crippen molar-refractivity contribution in [2.75, 3.05) is 14.2 Å². The molecule has 0 N–H and O–H groups in total. The van der Waals surface area contributed by atoms with E-state index in [1.54, 1.807) is 14.2 Å². The Kier molecular flexibility index (Phi) is 5.88. The van der Waals surface area contributed by atoms with E-state index in [4.69, 9.17) is 14.6 Å². The van der Waals surface area contributed by atoms with Crippen LogP contribution in [0.4, 0.5) is 0 Å². The third kappa shape index (κ3) is 3.63. The van der Waals surface area contributed by atoms with E-state index in [1.807, 2.05) is 17.1 Å². The zero-order valence-corrected chi connectivity index (χ0v) is 17.2. The Balaban J connectivity index is 1.73. The third-order valence-corrected chi connectivity index (χ3v) is 6.73. The van der Waals surface area contributed by atoms with Gasteiger partial charge in [0.1, 0.15) is 0 Å². The van der Waals surface area contributed by atoms with Crippen molar-refractivity contribution in [3.8, 4) is 11.5 Å². The van der Waals surface area contributed by atoms with Gasteiger partial charge in [0, 0.05) is 17.4 Å². The second-order valence-electron chi connectivity index (χ2n) is 8.38. The second-order valence-corrected chi connectivity index (χ2v) is 8.38. The summed E-state index contributed by atoms with van der Waals surface area (Å²) < 4.78 is 10.9. The Morgan fingerprint density at radius 3 is 2.18 bits per heavy atom. The molecular formula is C23H32N2O3. The highest BCUT2D eigenvalue weighted by Crippen LogP contribution is 2.40. The molecule has 1 aliphatic heterocycles. The molecule has 3 aliphatic rings. The van der Waals surface area contributed by atoms with Gasteiger partial charge in [0.05, 0.1) is 26.0 Å². The van der Waals surface area contributed by atoms with Crippen LogP contribution in [-0.2, 0) is 4.79 Å². The van der Waals surface area contributed by atoms with Crippen molar-refractivity contribution in [3.05, 3.63) is 23.8 Å². The van der Waals surface area contributed by atoms with Gasteiger partial charge in [0.2, 0.25) is 5.91 Å². The van der Waals surface area contributed by atoms with Gasteiger partial charge in [-0.1, -0.05) is 38.5 Å². The maximum Gasteiger partial charge on any atom is 0.246 e. The normalized spacial score (nSPS) is 26.3. The van der Waals surface area contributed by atoms with E-state index in [0.717, 1.165) is 49.1 Å². The molecule has 28 heavy (non-hydrogen) atoms. The number of hydrazone groups is 1. The van der Waals surface area contributed by atoms with Crippen LogP contribution in [-0.4, -0.2) is 36.9 Å². The molecule has 0 unspecified atom stereocenters. The van der Waals surface area contributed by atoms with Gasteiger partial charge in [-0.25, -0.2) is 5.01 Å². The molecule has 0 saturated heterocycles. The summed E-state index contributed by atoms with van der Waals surface area (Å²) in [6, 6.07) is 6.28. The summed E-state index contributed by atoms with van der Waals surface area (Å²) in [4.78, 5) is 13.3. The van der Waals surface area contributed by atoms with E-state index in [1.165, 1.54) is 32.1 Å². The van der Waals surface area contributed by atoms with Crippen LogP contribution in [0.1, 0.15) is 69.8 Å². The first-order valence-electron chi connectivity index (χ1n) is 10.9. The first-order valence-corrected chi connectivity index (χ1v) is 10.9. The molecule has 0 bridgehead atoms. The standard InChI is InChI=1S/C23H32N2O3/c1-27-20-14-13-16(15-21(20)28-2)22-18-11-7-8-12-19(18)23(26)25(24-22)17-9-5-3-4-6-10-17/h13-15,17-19H,3-12H2,1-2H3/t18-,19+/m1/s1. The largest absolute Gasteiger partial charge is 0.493 e. The number of nitrogens with zero attached hydrogens (tertiary/aromatic N) is 2. The summed E-state index contributed by atoms with van der Waals surface area (Å²) in [6.45, 7) is 0. The van der Waals surface area contributed by atoms with Gasteiger partial charge < -0.3 is 9.47 Å². The fourth-order valence-corrected chi connectivity index (χ4v) is 5.19. The van der Waals surface area contributed by atoms with Crippen LogP contribution in [0.15, 0.2) is 23.3 Å². The number of benzene rings is 1. The highest BCUT2D eigenvalue weighted by Gasteiger charge is 2.43. The monoisotopic (exact) mass is 384 g/mol. The van der Waals surface area contributed by atoms with Gasteiger partial charge in [-0.2, -0.15) is 5.10 Å². The van der Waals surface area contributed by atoms with Gasteiger partial charge in [-0.3, -0.25) is 4.79 Å². The average molecular weight is 385 g/mol. The summed E-state index contributed by atoms with van der Waals surface area (Å²) in [5.74, 6) is 2.01. The first-order chi connectivity index (χ1) is 13.7. The lowest BCUT2D eigenvalue weighted by atomic mass is 9.73. The number of hydrogen-bond donors (Lipinski definition) is 0. The van der Waals surface area contributed by atoms with E-state index < -0.39 is 0 Å². The molecular weight excluding hydrogens is 352 g/mol. The molecule has 0 aromatic heterocycles. The van der Waals surface area contributed by atoms with Crippen LogP contribution < -0.4 is 9.47 Å². The van der Waals surface area contributed by atoms with Crippen LogP contribution in [0.2, 0.25) is 0 Å². The van der Waals surface area contributed by atoms with Crippen LogP contribution in [0.3, 0.4) is 0 Å². The molecule has 1 aromatic rings. The molecule has 0 spiro atoms. The lowest BCUT2D eigenvalue weighted by Crippen LogP contribution is -2.49. The molecule has 2 saturated carbocycles. The van der Waals surface area contributed by atoms with E-state index >= 15 is 0 Å². The Hall–Kier alpha value is -2.04. The zero-order chi connectivity index (χ0) is 19.5. The molecule has 1 amide bonds. The highest BCUT2D eigenvalue weighted by atomic mass is 16.5. The Labute approximate surface area is 168 Å². The van der Waals surface area contributed by atoms with Crippen molar-refractivity contribution >= 4 is 11.6 Å². The Morgan fingerprint density at radius 2 is 1.50 bits per heavy atom. The van der Waals surface area contributed by atoms with Crippen molar-refractivity contribution in [2.45, 2.75) is 70.3 Å². The number of ether oxygens (including phenoxy) is 2. The first kappa shape index (κ1) is 19.3. The van der Waals surface area contributed by atoms with Gasteiger partial charge in [0.25, 0.3) is 0 Å². The zero-order valence-electron chi connectivity index (χ0n) is 17.2. The summed E-state index contributed by atoms with van der Waals surface area (Å²) >= 11 is 0. The van der Waals surface area contributed by atoms with E-state index in [9.17, 15) is 4.79 Å². The molecule has 2 fully saturated rings. The molecule has 1 heterocycles. The number of amides is 1. The van der Waals surface area contributed by atoms with E-state index in [0.29, 0.717) is 5.75 Å². The molecule has 2 atom stereocenters. The van der Waals surface area contributed by atoms with Crippen molar-refractivity contribution in [3.63, 3.8) is 0 Å². The molecule has 1 aromatic carbocycles. The lowest BCUT2D eigenvalue weighted by molar-refractivity contribution is -0.141. The third-order valence-electron chi connectivity index (χ3n) is 6.73. The Morgan fingerprint density at radius 1 is 0.857 bits per heavy atom. The number of fused-ring (bicyclic) bond motifs is 1. The quantitative estimate of drug-likeness (QED) is 0.702. The minimum atomic E-state index is 0.0811. The molecule has 4 rings (SSSR count). The second kappa shape index (κ2) is 8.54. The maximum absolute atomic E-state index is 13.3. The van der Waals surface area contributed by atoms with E-state index in [2.05, 4.69) is 6.07 Å². The summed E-state index contributed by atoms with van der Waals surface area (Å²) in [6.07, 6.45) is 11.4. The smallest absolute Gasteiger partial charge is 0.246 e. The summed E-state index contributed by atoms with van der Waals surface area (Å²) in [5, 5.41) is 6.90. The van der Waals surface area contributed by atoms with Gasteiger partial charge in [-0.15, -0.1) is 0 Å². The van der Waals surface area contributed by atoms with Crippen LogP contribution >= 0.6 is 0 Å². The van der Waals surface area contributed by atoms with Crippen molar-refractivity contribution < 1.29 is 14.3 Å². The topological polar surface area (TPSA) is 51.1 Å².